The van der Waals surface area contributed by atoms with Gasteiger partial charge < -0.3 is 14.7 Å². The largest absolute Gasteiger partial charge is 0.444 e. The third kappa shape index (κ3) is 4.50. The molecule has 0 aliphatic carbocycles. The van der Waals surface area contributed by atoms with Crippen LogP contribution in [0.25, 0.3) is 10.4 Å². The minimum atomic E-state index is -0.674. The van der Waals surface area contributed by atoms with Gasteiger partial charge in [-0.1, -0.05) is 5.11 Å². The van der Waals surface area contributed by atoms with Crippen LogP contribution in [0.4, 0.5) is 4.79 Å². The lowest BCUT2D eigenvalue weighted by Crippen LogP contribution is -2.49. The first-order chi connectivity index (χ1) is 7.81. The topological polar surface area (TPSA) is 98.5 Å². The number of likely N-dealkylation sites (tertiary alicyclic amines) is 1. The van der Waals surface area contributed by atoms with Crippen LogP contribution in [0.3, 0.4) is 0 Å². The van der Waals surface area contributed by atoms with Gasteiger partial charge >= 0.3 is 6.09 Å². The molecule has 1 heterocycles. The van der Waals surface area contributed by atoms with Crippen molar-refractivity contribution in [2.75, 3.05) is 13.1 Å². The zero-order valence-electron chi connectivity index (χ0n) is 10.3. The molecule has 0 aromatic carbocycles. The highest BCUT2D eigenvalue weighted by molar-refractivity contribution is 5.68. The predicted molar refractivity (Wildman–Crippen MR) is 61.4 cm³/mol. The molecule has 0 radical (unpaired) electrons. The Morgan fingerprint density at radius 2 is 2.18 bits per heavy atom. The number of ether oxygens (including phenoxy) is 1. The van der Waals surface area contributed by atoms with Crippen LogP contribution in [-0.2, 0) is 4.74 Å². The molecule has 1 aliphatic rings. The van der Waals surface area contributed by atoms with Crippen LogP contribution in [0.15, 0.2) is 5.11 Å². The molecule has 1 saturated heterocycles. The van der Waals surface area contributed by atoms with Crippen LogP contribution < -0.4 is 0 Å². The standard InChI is InChI=1S/C10H18N4O3/c1-10(2,3)17-9(16)14-5-7(12-13-11)4-8(15)6-14/h7-8,15H,4-6H2,1-3H3/t7-,8?/m0/s1. The van der Waals surface area contributed by atoms with E-state index in [4.69, 9.17) is 10.3 Å². The van der Waals surface area contributed by atoms with E-state index in [1.165, 1.54) is 4.90 Å². The molecule has 0 bridgehead atoms. The Hall–Kier alpha value is -1.46. The number of aliphatic hydroxyl groups excluding tert-OH is 1. The minimum absolute atomic E-state index is 0.215. The van der Waals surface area contributed by atoms with Crippen molar-refractivity contribution >= 4 is 6.09 Å². The number of piperidine rings is 1. The summed E-state index contributed by atoms with van der Waals surface area (Å²) in [6, 6.07) is -0.392. The molecule has 1 fully saturated rings. The van der Waals surface area contributed by atoms with Gasteiger partial charge in [0.15, 0.2) is 0 Å². The molecule has 7 heteroatoms. The number of amides is 1. The normalized spacial score (nSPS) is 25.1. The number of carbonyl (C=O) groups excluding carboxylic acids is 1. The van der Waals surface area contributed by atoms with Crippen molar-refractivity contribution in [1.29, 1.82) is 0 Å². The smallest absolute Gasteiger partial charge is 0.410 e. The second-order valence-corrected chi connectivity index (χ2v) is 5.13. The number of β-amino-alcohol motifs (C(OH)–C–C–N with tert-alkyl or cyclic N) is 1. The van der Waals surface area contributed by atoms with Crippen molar-refractivity contribution in [2.45, 2.75) is 44.9 Å². The fourth-order valence-corrected chi connectivity index (χ4v) is 1.68. The number of nitrogens with zero attached hydrogens (tertiary/aromatic N) is 4. The van der Waals surface area contributed by atoms with Crippen LogP contribution in [0.5, 0.6) is 0 Å². The highest BCUT2D eigenvalue weighted by Gasteiger charge is 2.31. The molecule has 96 valence electrons. The first-order valence-corrected chi connectivity index (χ1v) is 5.52. The fourth-order valence-electron chi connectivity index (χ4n) is 1.68. The lowest BCUT2D eigenvalue weighted by molar-refractivity contribution is 0.000533. The third-order valence-electron chi connectivity index (χ3n) is 2.27. The van der Waals surface area contributed by atoms with E-state index in [0.717, 1.165) is 0 Å². The van der Waals surface area contributed by atoms with Crippen molar-refractivity contribution in [2.24, 2.45) is 5.11 Å². The minimum Gasteiger partial charge on any atom is -0.444 e. The Morgan fingerprint density at radius 1 is 1.53 bits per heavy atom. The highest BCUT2D eigenvalue weighted by Crippen LogP contribution is 2.17. The first-order valence-electron chi connectivity index (χ1n) is 5.52. The zero-order valence-corrected chi connectivity index (χ0v) is 10.3. The Kier molecular flexibility index (Phi) is 4.20. The fraction of sp³-hybridized carbons (Fsp3) is 0.900. The number of rotatable bonds is 1. The van der Waals surface area contributed by atoms with Crippen LogP contribution in [-0.4, -0.2) is 46.9 Å². The number of carbonyl (C=O) groups is 1. The van der Waals surface area contributed by atoms with Crippen LogP contribution in [0.2, 0.25) is 0 Å². The van der Waals surface area contributed by atoms with Crippen LogP contribution in [0.1, 0.15) is 27.2 Å². The molecular weight excluding hydrogens is 224 g/mol. The highest BCUT2D eigenvalue weighted by atomic mass is 16.6. The Balaban J connectivity index is 2.64. The molecule has 1 aliphatic heterocycles. The molecule has 1 unspecified atom stereocenters. The lowest BCUT2D eigenvalue weighted by atomic mass is 10.0. The SMILES string of the molecule is CC(C)(C)OC(=O)N1CC(O)C[C@H](N=[N+]=[N-])C1. The van der Waals surface area contributed by atoms with E-state index in [1.54, 1.807) is 20.8 Å². The van der Waals surface area contributed by atoms with E-state index in [0.29, 0.717) is 6.42 Å². The number of azide groups is 1. The van der Waals surface area contributed by atoms with Crippen LogP contribution in [0, 0.1) is 0 Å². The van der Waals surface area contributed by atoms with Gasteiger partial charge in [0.05, 0.1) is 12.1 Å². The summed E-state index contributed by atoms with van der Waals surface area (Å²) in [5, 5.41) is 13.1. The molecule has 0 aromatic heterocycles. The summed E-state index contributed by atoms with van der Waals surface area (Å²) in [6.45, 7) is 5.82. The van der Waals surface area contributed by atoms with E-state index < -0.39 is 23.8 Å². The molecule has 2 atom stereocenters. The predicted octanol–water partition coefficient (Wildman–Crippen LogP) is 1.67. The maximum Gasteiger partial charge on any atom is 0.410 e. The number of hydrogen-bond acceptors (Lipinski definition) is 4. The summed E-state index contributed by atoms with van der Waals surface area (Å²) in [5.74, 6) is 0. The zero-order chi connectivity index (χ0) is 13.1. The van der Waals surface area contributed by atoms with Gasteiger partial charge in [-0.15, -0.1) is 0 Å². The van der Waals surface area contributed by atoms with Gasteiger partial charge in [0, 0.05) is 18.0 Å². The second-order valence-electron chi connectivity index (χ2n) is 5.13. The molecular formula is C10H18N4O3. The quantitative estimate of drug-likeness (QED) is 0.430. The van der Waals surface area contributed by atoms with Gasteiger partial charge in [-0.2, -0.15) is 0 Å². The summed E-state index contributed by atoms with van der Waals surface area (Å²) in [4.78, 5) is 15.8. The maximum absolute atomic E-state index is 11.8. The summed E-state index contributed by atoms with van der Waals surface area (Å²) in [6.07, 6.45) is -0.787. The number of hydrogen-bond donors (Lipinski definition) is 1. The first kappa shape index (κ1) is 13.6. The van der Waals surface area contributed by atoms with E-state index >= 15 is 0 Å². The Labute approximate surface area is 100.0 Å². The van der Waals surface area contributed by atoms with Crippen molar-refractivity contribution in [3.05, 3.63) is 10.4 Å². The van der Waals surface area contributed by atoms with Crippen molar-refractivity contribution < 1.29 is 14.6 Å². The average Bonchev–Trinajstić information content (AvgIpc) is 2.14. The monoisotopic (exact) mass is 242 g/mol. The van der Waals surface area contributed by atoms with Gasteiger partial charge in [0.25, 0.3) is 0 Å². The Bertz CT molecular complexity index is 333. The molecule has 0 aromatic rings. The molecule has 1 rings (SSSR count). The van der Waals surface area contributed by atoms with Crippen molar-refractivity contribution in [3.63, 3.8) is 0 Å². The van der Waals surface area contributed by atoms with Gasteiger partial charge in [0.2, 0.25) is 0 Å². The maximum atomic E-state index is 11.8. The van der Waals surface area contributed by atoms with E-state index in [1.807, 2.05) is 0 Å². The van der Waals surface area contributed by atoms with E-state index in [9.17, 15) is 9.90 Å². The molecule has 1 N–H and O–H groups in total. The van der Waals surface area contributed by atoms with Gasteiger partial charge in [-0.05, 0) is 32.7 Å². The summed E-state index contributed by atoms with van der Waals surface area (Å²) >= 11 is 0. The van der Waals surface area contributed by atoms with Crippen LogP contribution >= 0.6 is 0 Å². The summed E-state index contributed by atoms with van der Waals surface area (Å²) in [7, 11) is 0. The second kappa shape index (κ2) is 5.25. The van der Waals surface area contributed by atoms with Crippen molar-refractivity contribution in [3.8, 4) is 0 Å². The van der Waals surface area contributed by atoms with Gasteiger partial charge in [-0.25, -0.2) is 4.79 Å². The molecule has 1 amide bonds. The van der Waals surface area contributed by atoms with E-state index in [-0.39, 0.29) is 13.1 Å². The van der Waals surface area contributed by atoms with Crippen molar-refractivity contribution in [1.82, 2.24) is 4.90 Å². The Morgan fingerprint density at radius 3 is 2.71 bits per heavy atom. The molecule has 17 heavy (non-hydrogen) atoms. The lowest BCUT2D eigenvalue weighted by Gasteiger charge is -2.34. The molecule has 7 nitrogen and oxygen atoms in total. The number of aliphatic hydroxyl groups is 1. The summed E-state index contributed by atoms with van der Waals surface area (Å²) in [5.41, 5.74) is 7.78. The van der Waals surface area contributed by atoms with E-state index in [2.05, 4.69) is 10.0 Å². The average molecular weight is 242 g/mol. The third-order valence-corrected chi connectivity index (χ3v) is 2.27. The molecule has 0 spiro atoms. The summed E-state index contributed by atoms with van der Waals surface area (Å²) < 4.78 is 5.19. The van der Waals surface area contributed by atoms with Gasteiger partial charge in [-0.3, -0.25) is 0 Å². The molecule has 0 saturated carbocycles. The van der Waals surface area contributed by atoms with Gasteiger partial charge in [0.1, 0.15) is 5.60 Å².